The van der Waals surface area contributed by atoms with Crippen molar-refractivity contribution >= 4 is 62.3 Å². The largest absolute Gasteiger partial charge is 0.487 e. The molecule has 0 aliphatic heterocycles. The van der Waals surface area contributed by atoms with Crippen molar-refractivity contribution in [1.29, 1.82) is 5.26 Å². The van der Waals surface area contributed by atoms with Crippen LogP contribution < -0.4 is 10.3 Å². The molecule has 5 aromatic rings. The Kier molecular flexibility index (Phi) is 8.41. The summed E-state index contributed by atoms with van der Waals surface area (Å²) in [5, 5.41) is 14.0. The van der Waals surface area contributed by atoms with Crippen LogP contribution in [0.15, 0.2) is 94.8 Å². The third kappa shape index (κ3) is 6.28. The van der Waals surface area contributed by atoms with Crippen molar-refractivity contribution in [3.05, 3.63) is 125 Å². The standard InChI is InChI=1S/C30H17F3I2N4O2/c31-30(32,33)22-9-5-8-19(14-22)28-38-26-11-4-3-10-23(26)29(40)39(28)37-16-18-12-24(34)27(25(35)13-18)41-17-21-7-2-1-6-20(21)15-36/h1-14,16H,17H2. The molecule has 4 aromatic carbocycles. The zero-order valence-corrected chi connectivity index (χ0v) is 25.2. The molecule has 0 atom stereocenters. The first-order chi connectivity index (χ1) is 19.7. The number of hydrogen-bond acceptors (Lipinski definition) is 5. The first kappa shape index (κ1) is 28.7. The molecule has 0 aliphatic rings. The number of alkyl halides is 3. The van der Waals surface area contributed by atoms with Crippen molar-refractivity contribution in [1.82, 2.24) is 9.66 Å². The van der Waals surface area contributed by atoms with Gasteiger partial charge in [-0.3, -0.25) is 4.79 Å². The zero-order chi connectivity index (χ0) is 29.1. The molecule has 0 saturated heterocycles. The van der Waals surface area contributed by atoms with E-state index in [0.29, 0.717) is 22.4 Å². The van der Waals surface area contributed by atoms with Crippen LogP contribution in [-0.4, -0.2) is 15.9 Å². The molecular weight excluding hydrogens is 759 g/mol. The quantitative estimate of drug-likeness (QED) is 0.131. The molecule has 41 heavy (non-hydrogen) atoms. The SMILES string of the molecule is N#Cc1ccccc1COc1c(I)cc(C=Nn2c(-c3cccc(C(F)(F)F)c3)nc3ccccc3c2=O)cc1I. The van der Waals surface area contributed by atoms with Gasteiger partial charge in [0.15, 0.2) is 5.82 Å². The lowest BCUT2D eigenvalue weighted by atomic mass is 10.1. The molecule has 0 saturated carbocycles. The van der Waals surface area contributed by atoms with Gasteiger partial charge in [0.2, 0.25) is 0 Å². The predicted molar refractivity (Wildman–Crippen MR) is 167 cm³/mol. The second kappa shape index (κ2) is 12.0. The molecular formula is C30H17F3I2N4O2. The summed E-state index contributed by atoms with van der Waals surface area (Å²) in [6.45, 7) is 0.210. The molecule has 1 heterocycles. The van der Waals surface area contributed by atoms with Gasteiger partial charge < -0.3 is 4.74 Å². The van der Waals surface area contributed by atoms with E-state index in [1.54, 1.807) is 48.5 Å². The second-order valence-corrected chi connectivity index (χ2v) is 11.1. The average molecular weight is 776 g/mol. The van der Waals surface area contributed by atoms with Crippen LogP contribution in [0.25, 0.3) is 22.3 Å². The van der Waals surface area contributed by atoms with Crippen LogP contribution in [0.1, 0.15) is 22.3 Å². The van der Waals surface area contributed by atoms with E-state index < -0.39 is 17.3 Å². The van der Waals surface area contributed by atoms with Gasteiger partial charge in [-0.05, 0) is 93.2 Å². The van der Waals surface area contributed by atoms with Gasteiger partial charge in [0.05, 0.1) is 41.5 Å². The van der Waals surface area contributed by atoms with E-state index in [-0.39, 0.29) is 23.4 Å². The number of hydrogen-bond donors (Lipinski definition) is 0. The number of fused-ring (bicyclic) bond motifs is 1. The van der Waals surface area contributed by atoms with Crippen molar-refractivity contribution in [2.45, 2.75) is 12.8 Å². The lowest BCUT2D eigenvalue weighted by molar-refractivity contribution is -0.137. The second-order valence-electron chi connectivity index (χ2n) is 8.76. The highest BCUT2D eigenvalue weighted by atomic mass is 127. The Balaban J connectivity index is 1.53. The minimum Gasteiger partial charge on any atom is -0.487 e. The number of benzene rings is 4. The molecule has 0 bridgehead atoms. The Morgan fingerprint density at radius 1 is 0.976 bits per heavy atom. The van der Waals surface area contributed by atoms with Crippen LogP contribution in [0.3, 0.4) is 0 Å². The highest BCUT2D eigenvalue weighted by molar-refractivity contribution is 14.1. The molecule has 0 unspecified atom stereocenters. The monoisotopic (exact) mass is 776 g/mol. The summed E-state index contributed by atoms with van der Waals surface area (Å²) < 4.78 is 48.9. The average Bonchev–Trinajstić information content (AvgIpc) is 2.96. The number of rotatable bonds is 6. The molecule has 0 radical (unpaired) electrons. The van der Waals surface area contributed by atoms with Gasteiger partial charge in [0, 0.05) is 11.1 Å². The van der Waals surface area contributed by atoms with Gasteiger partial charge in [0.25, 0.3) is 5.56 Å². The fourth-order valence-corrected chi connectivity index (χ4v) is 6.20. The van der Waals surface area contributed by atoms with Gasteiger partial charge in [-0.1, -0.05) is 42.5 Å². The molecule has 0 amide bonds. The van der Waals surface area contributed by atoms with E-state index in [1.807, 2.05) is 12.1 Å². The van der Waals surface area contributed by atoms with Crippen molar-refractivity contribution in [2.75, 3.05) is 0 Å². The first-order valence-electron chi connectivity index (χ1n) is 12.0. The smallest absolute Gasteiger partial charge is 0.416 e. The van der Waals surface area contributed by atoms with E-state index >= 15 is 0 Å². The number of nitrogens with zero attached hydrogens (tertiary/aromatic N) is 4. The van der Waals surface area contributed by atoms with E-state index in [4.69, 9.17) is 4.74 Å². The molecule has 0 spiro atoms. The maximum Gasteiger partial charge on any atom is 0.416 e. The van der Waals surface area contributed by atoms with Crippen molar-refractivity contribution < 1.29 is 17.9 Å². The number of aromatic nitrogens is 2. The van der Waals surface area contributed by atoms with Crippen LogP contribution in [0.2, 0.25) is 0 Å². The Morgan fingerprint density at radius 2 is 1.68 bits per heavy atom. The molecule has 0 N–H and O–H groups in total. The van der Waals surface area contributed by atoms with Crippen molar-refractivity contribution in [3.63, 3.8) is 0 Å². The lowest BCUT2D eigenvalue weighted by Gasteiger charge is -2.13. The Morgan fingerprint density at radius 3 is 2.41 bits per heavy atom. The zero-order valence-electron chi connectivity index (χ0n) is 20.9. The van der Waals surface area contributed by atoms with Crippen LogP contribution in [0, 0.1) is 18.5 Å². The number of halogens is 5. The highest BCUT2D eigenvalue weighted by Gasteiger charge is 2.31. The van der Waals surface area contributed by atoms with Crippen molar-refractivity contribution in [3.8, 4) is 23.2 Å². The predicted octanol–water partition coefficient (Wildman–Crippen LogP) is 7.62. The molecule has 5 rings (SSSR count). The summed E-state index contributed by atoms with van der Waals surface area (Å²) in [5.41, 5.74) is 1.01. The molecule has 6 nitrogen and oxygen atoms in total. The fourth-order valence-electron chi connectivity index (χ4n) is 4.07. The van der Waals surface area contributed by atoms with Gasteiger partial charge in [-0.2, -0.15) is 28.2 Å². The Labute approximate surface area is 259 Å². The molecule has 0 fully saturated rings. The molecule has 1 aromatic heterocycles. The van der Waals surface area contributed by atoms with E-state index in [1.165, 1.54) is 18.3 Å². The third-order valence-corrected chi connectivity index (χ3v) is 7.66. The molecule has 11 heteroatoms. The summed E-state index contributed by atoms with van der Waals surface area (Å²) in [6, 6.07) is 24.2. The van der Waals surface area contributed by atoms with E-state index in [2.05, 4.69) is 61.3 Å². The fraction of sp³-hybridized carbons (Fsp3) is 0.0667. The molecule has 204 valence electrons. The summed E-state index contributed by atoms with van der Waals surface area (Å²) in [5.74, 6) is 0.613. The minimum absolute atomic E-state index is 0.0171. The molecule has 0 aliphatic carbocycles. The topological polar surface area (TPSA) is 80.3 Å². The number of para-hydroxylation sites is 1. The Bertz CT molecular complexity index is 1890. The maximum atomic E-state index is 13.4. The van der Waals surface area contributed by atoms with Crippen LogP contribution in [0.4, 0.5) is 13.2 Å². The maximum absolute atomic E-state index is 13.4. The summed E-state index contributed by atoms with van der Waals surface area (Å²) in [7, 11) is 0. The van der Waals surface area contributed by atoms with Gasteiger partial charge in [-0.15, -0.1) is 0 Å². The van der Waals surface area contributed by atoms with Crippen molar-refractivity contribution in [2.24, 2.45) is 5.10 Å². The van der Waals surface area contributed by atoms with E-state index in [9.17, 15) is 23.2 Å². The van der Waals surface area contributed by atoms with Crippen LogP contribution in [0.5, 0.6) is 5.75 Å². The third-order valence-electron chi connectivity index (χ3n) is 6.05. The minimum atomic E-state index is -4.56. The highest BCUT2D eigenvalue weighted by Crippen LogP contribution is 2.32. The van der Waals surface area contributed by atoms with Gasteiger partial charge in [-0.25, -0.2) is 4.98 Å². The van der Waals surface area contributed by atoms with Gasteiger partial charge in [0.1, 0.15) is 12.4 Å². The summed E-state index contributed by atoms with van der Waals surface area (Å²) in [4.78, 5) is 17.9. The first-order valence-corrected chi connectivity index (χ1v) is 14.1. The van der Waals surface area contributed by atoms with E-state index in [0.717, 1.165) is 29.5 Å². The normalized spacial score (nSPS) is 11.6. The van der Waals surface area contributed by atoms with Crippen LogP contribution in [-0.2, 0) is 12.8 Å². The number of nitriles is 1. The number of ether oxygens (including phenoxy) is 1. The lowest BCUT2D eigenvalue weighted by Crippen LogP contribution is -2.20. The summed E-state index contributed by atoms with van der Waals surface area (Å²) >= 11 is 4.26. The van der Waals surface area contributed by atoms with Gasteiger partial charge >= 0.3 is 6.18 Å². The van der Waals surface area contributed by atoms with Crippen LogP contribution >= 0.6 is 45.2 Å². The Hall–Kier alpha value is -3.77. The summed E-state index contributed by atoms with van der Waals surface area (Å²) in [6.07, 6.45) is -3.11.